The van der Waals surface area contributed by atoms with E-state index in [-0.39, 0.29) is 36.8 Å². The summed E-state index contributed by atoms with van der Waals surface area (Å²) in [6, 6.07) is 7.57. The van der Waals surface area contributed by atoms with Crippen LogP contribution in [0.4, 0.5) is 5.69 Å². The van der Waals surface area contributed by atoms with Crippen molar-refractivity contribution >= 4 is 17.5 Å². The maximum absolute atomic E-state index is 12.6. The summed E-state index contributed by atoms with van der Waals surface area (Å²) >= 11 is 0. The van der Waals surface area contributed by atoms with Gasteiger partial charge in [-0.3, -0.25) is 9.59 Å². The Morgan fingerprint density at radius 2 is 1.92 bits per heavy atom. The largest absolute Gasteiger partial charge is 0.490 e. The summed E-state index contributed by atoms with van der Waals surface area (Å²) in [5.74, 6) is 0.708. The number of morpholine rings is 1. The van der Waals surface area contributed by atoms with E-state index in [1.165, 1.54) is 0 Å². The average Bonchev–Trinajstić information content (AvgIpc) is 2.61. The Kier molecular flexibility index (Phi) is 5.04. The van der Waals surface area contributed by atoms with Gasteiger partial charge in [0.25, 0.3) is 0 Å². The van der Waals surface area contributed by atoms with Crippen molar-refractivity contribution in [1.29, 1.82) is 0 Å². The molecule has 0 aromatic heterocycles. The molecule has 6 heteroatoms. The van der Waals surface area contributed by atoms with E-state index < -0.39 is 0 Å². The molecule has 0 N–H and O–H groups in total. The van der Waals surface area contributed by atoms with E-state index in [1.807, 2.05) is 43.0 Å². The topological polar surface area (TPSA) is 59.1 Å². The number of amides is 2. The standard InChI is InChI=1S/C18H24N2O4/c1-13-12-24-14(2)11-20(13)18(22)8-7-17(21)19-9-10-23-16-6-4-3-5-15(16)19/h3-6,13-14H,7-12H2,1-2H3/t13-,14+/m1/s1. The van der Waals surface area contributed by atoms with Crippen molar-refractivity contribution in [3.8, 4) is 5.75 Å². The lowest BCUT2D eigenvalue weighted by molar-refractivity contribution is -0.144. The minimum atomic E-state index is -0.0342. The molecule has 0 radical (unpaired) electrons. The first-order valence-electron chi connectivity index (χ1n) is 8.49. The van der Waals surface area contributed by atoms with Crippen molar-refractivity contribution in [2.45, 2.75) is 38.8 Å². The van der Waals surface area contributed by atoms with Gasteiger partial charge in [-0.1, -0.05) is 12.1 Å². The summed E-state index contributed by atoms with van der Waals surface area (Å²) in [6.45, 7) is 6.09. The predicted octanol–water partition coefficient (Wildman–Crippen LogP) is 1.83. The van der Waals surface area contributed by atoms with E-state index in [0.717, 1.165) is 11.4 Å². The maximum Gasteiger partial charge on any atom is 0.227 e. The number of benzene rings is 1. The molecule has 0 unspecified atom stereocenters. The number of ether oxygens (including phenoxy) is 2. The van der Waals surface area contributed by atoms with Crippen LogP contribution in [0.25, 0.3) is 0 Å². The molecule has 24 heavy (non-hydrogen) atoms. The third-order valence-electron chi connectivity index (χ3n) is 4.51. The summed E-state index contributed by atoms with van der Waals surface area (Å²) in [5, 5.41) is 0. The second kappa shape index (κ2) is 7.21. The molecule has 1 fully saturated rings. The van der Waals surface area contributed by atoms with Crippen LogP contribution in [0.1, 0.15) is 26.7 Å². The van der Waals surface area contributed by atoms with Crippen molar-refractivity contribution in [3.05, 3.63) is 24.3 Å². The van der Waals surface area contributed by atoms with Gasteiger partial charge in [0.1, 0.15) is 12.4 Å². The Hall–Kier alpha value is -2.08. The molecule has 0 spiro atoms. The van der Waals surface area contributed by atoms with Crippen LogP contribution in [0.2, 0.25) is 0 Å². The van der Waals surface area contributed by atoms with Gasteiger partial charge in [-0.05, 0) is 26.0 Å². The molecule has 1 aromatic rings. The Morgan fingerprint density at radius 3 is 2.75 bits per heavy atom. The van der Waals surface area contributed by atoms with Crippen LogP contribution >= 0.6 is 0 Å². The fourth-order valence-electron chi connectivity index (χ4n) is 3.17. The van der Waals surface area contributed by atoms with E-state index in [0.29, 0.717) is 26.3 Å². The van der Waals surface area contributed by atoms with Crippen LogP contribution in [-0.4, -0.2) is 55.2 Å². The summed E-state index contributed by atoms with van der Waals surface area (Å²) in [6.07, 6.45) is 0.494. The Balaban J connectivity index is 1.59. The normalized spacial score (nSPS) is 23.4. The monoisotopic (exact) mass is 332 g/mol. The third-order valence-corrected chi connectivity index (χ3v) is 4.51. The van der Waals surface area contributed by atoms with Gasteiger partial charge < -0.3 is 19.3 Å². The van der Waals surface area contributed by atoms with Crippen molar-refractivity contribution in [3.63, 3.8) is 0 Å². The van der Waals surface area contributed by atoms with Gasteiger partial charge in [-0.2, -0.15) is 0 Å². The molecule has 2 aliphatic rings. The first kappa shape index (κ1) is 16.8. The van der Waals surface area contributed by atoms with Crippen molar-refractivity contribution in [2.75, 3.05) is 31.2 Å². The van der Waals surface area contributed by atoms with Crippen LogP contribution in [0, 0.1) is 0 Å². The van der Waals surface area contributed by atoms with Crippen molar-refractivity contribution in [1.82, 2.24) is 4.90 Å². The number of nitrogens with zero attached hydrogens (tertiary/aromatic N) is 2. The molecule has 0 saturated carbocycles. The van der Waals surface area contributed by atoms with Crippen molar-refractivity contribution in [2.24, 2.45) is 0 Å². The van der Waals surface area contributed by atoms with Crippen molar-refractivity contribution < 1.29 is 19.1 Å². The number of carbonyl (C=O) groups is 2. The molecule has 2 heterocycles. The summed E-state index contributed by atoms with van der Waals surface area (Å²) < 4.78 is 11.1. The highest BCUT2D eigenvalue weighted by atomic mass is 16.5. The Bertz CT molecular complexity index is 619. The van der Waals surface area contributed by atoms with Gasteiger partial charge in [0.05, 0.1) is 31.0 Å². The average molecular weight is 332 g/mol. The number of para-hydroxylation sites is 2. The summed E-state index contributed by atoms with van der Waals surface area (Å²) in [7, 11) is 0. The lowest BCUT2D eigenvalue weighted by Crippen LogP contribution is -2.50. The first-order chi connectivity index (χ1) is 11.6. The highest BCUT2D eigenvalue weighted by molar-refractivity contribution is 5.97. The van der Waals surface area contributed by atoms with E-state index >= 15 is 0 Å². The zero-order valence-corrected chi connectivity index (χ0v) is 14.2. The lowest BCUT2D eigenvalue weighted by atomic mass is 10.1. The lowest BCUT2D eigenvalue weighted by Gasteiger charge is -2.37. The predicted molar refractivity (Wildman–Crippen MR) is 90.1 cm³/mol. The Labute approximate surface area is 142 Å². The van der Waals surface area contributed by atoms with E-state index in [1.54, 1.807) is 4.90 Å². The third kappa shape index (κ3) is 3.53. The zero-order chi connectivity index (χ0) is 17.1. The van der Waals surface area contributed by atoms with Gasteiger partial charge in [0, 0.05) is 19.4 Å². The second-order valence-electron chi connectivity index (χ2n) is 6.40. The summed E-state index contributed by atoms with van der Waals surface area (Å²) in [4.78, 5) is 28.6. The smallest absolute Gasteiger partial charge is 0.227 e. The molecule has 130 valence electrons. The Morgan fingerprint density at radius 1 is 1.17 bits per heavy atom. The quantitative estimate of drug-likeness (QED) is 0.847. The van der Waals surface area contributed by atoms with E-state index in [9.17, 15) is 9.59 Å². The highest BCUT2D eigenvalue weighted by Gasteiger charge is 2.29. The number of rotatable bonds is 3. The number of carbonyl (C=O) groups excluding carboxylic acids is 2. The SMILES string of the molecule is C[C@@H]1CO[C@@H](C)CN1C(=O)CCC(=O)N1CCOc2ccccc21. The molecular formula is C18H24N2O4. The molecule has 6 nitrogen and oxygen atoms in total. The number of hydrogen-bond donors (Lipinski definition) is 0. The van der Waals surface area contributed by atoms with Crippen LogP contribution < -0.4 is 9.64 Å². The molecule has 2 atom stereocenters. The molecule has 2 aliphatic heterocycles. The number of fused-ring (bicyclic) bond motifs is 1. The van der Waals surface area contributed by atoms with Crippen LogP contribution in [-0.2, 0) is 14.3 Å². The minimum Gasteiger partial charge on any atom is -0.490 e. The molecule has 2 amide bonds. The molecule has 1 aromatic carbocycles. The molecule has 1 saturated heterocycles. The fraction of sp³-hybridized carbons (Fsp3) is 0.556. The van der Waals surface area contributed by atoms with Gasteiger partial charge >= 0.3 is 0 Å². The van der Waals surface area contributed by atoms with Gasteiger partial charge in [-0.25, -0.2) is 0 Å². The molecule has 0 aliphatic carbocycles. The fourth-order valence-corrected chi connectivity index (χ4v) is 3.17. The minimum absolute atomic E-state index is 0.0209. The maximum atomic E-state index is 12.6. The number of anilines is 1. The molecule has 0 bridgehead atoms. The summed E-state index contributed by atoms with van der Waals surface area (Å²) in [5.41, 5.74) is 0.787. The van der Waals surface area contributed by atoms with E-state index in [4.69, 9.17) is 9.47 Å². The van der Waals surface area contributed by atoms with Crippen LogP contribution in [0.3, 0.4) is 0 Å². The van der Waals surface area contributed by atoms with Crippen LogP contribution in [0.15, 0.2) is 24.3 Å². The van der Waals surface area contributed by atoms with Gasteiger partial charge in [0.15, 0.2) is 0 Å². The zero-order valence-electron chi connectivity index (χ0n) is 14.2. The second-order valence-corrected chi connectivity index (χ2v) is 6.40. The first-order valence-corrected chi connectivity index (χ1v) is 8.49. The molecular weight excluding hydrogens is 308 g/mol. The van der Waals surface area contributed by atoms with Gasteiger partial charge in [0.2, 0.25) is 11.8 Å². The van der Waals surface area contributed by atoms with Crippen LogP contribution in [0.5, 0.6) is 5.75 Å². The van der Waals surface area contributed by atoms with E-state index in [2.05, 4.69) is 0 Å². The number of hydrogen-bond acceptors (Lipinski definition) is 4. The molecule has 3 rings (SSSR count). The van der Waals surface area contributed by atoms with Gasteiger partial charge in [-0.15, -0.1) is 0 Å². The highest BCUT2D eigenvalue weighted by Crippen LogP contribution is 2.31.